The monoisotopic (exact) mass is 410 g/mol. The molecular weight excluding hydrogens is 379 g/mol. The van der Waals surface area contributed by atoms with Crippen LogP contribution in [0.25, 0.3) is 0 Å². The van der Waals surface area contributed by atoms with Crippen LogP contribution < -0.4 is 15.3 Å². The standard InChI is InChI=1S/3C5H9O.C5H5.Zr/c3*1-2-3-4-5-6;1-2-4-5-3-1;/h3*2H,1,3-5H2;1-3H,4H2;/q4*-1;+4. The average Bonchev–Trinajstić information content (AvgIpc) is 3.17. The van der Waals surface area contributed by atoms with Gasteiger partial charge in [-0.05, 0) is 19.3 Å². The largest absolute Gasteiger partial charge is 4.00 e. The number of rotatable bonds is 9. The molecule has 0 bridgehead atoms. The summed E-state index contributed by atoms with van der Waals surface area (Å²) in [5.41, 5.74) is 0. The minimum absolute atomic E-state index is 0. The Hall–Kier alpha value is -0.537. The van der Waals surface area contributed by atoms with E-state index in [1.165, 1.54) is 0 Å². The van der Waals surface area contributed by atoms with Gasteiger partial charge < -0.3 is 15.3 Å². The maximum atomic E-state index is 9.64. The van der Waals surface area contributed by atoms with Crippen molar-refractivity contribution in [3.8, 4) is 0 Å². The molecule has 0 fully saturated rings. The Morgan fingerprint density at radius 1 is 0.792 bits per heavy atom. The van der Waals surface area contributed by atoms with Crippen molar-refractivity contribution >= 4 is 0 Å². The summed E-state index contributed by atoms with van der Waals surface area (Å²) >= 11 is 0. The Bertz CT molecular complexity index is 248. The van der Waals surface area contributed by atoms with Crippen LogP contribution in [0.1, 0.15) is 44.9 Å². The molecule has 4 heteroatoms. The van der Waals surface area contributed by atoms with Crippen molar-refractivity contribution in [2.75, 3.05) is 19.8 Å². The Kier molecular flexibility index (Phi) is 49.7. The first-order valence-electron chi connectivity index (χ1n) is 8.03. The first-order valence-corrected chi connectivity index (χ1v) is 8.03. The quantitative estimate of drug-likeness (QED) is 0.332. The Balaban J connectivity index is -0.000000110. The van der Waals surface area contributed by atoms with Crippen LogP contribution in [0.5, 0.6) is 0 Å². The van der Waals surface area contributed by atoms with Gasteiger partial charge in [0.05, 0.1) is 0 Å². The Morgan fingerprint density at radius 3 is 1.25 bits per heavy atom. The fourth-order valence-electron chi connectivity index (χ4n) is 1.02. The summed E-state index contributed by atoms with van der Waals surface area (Å²) in [5.74, 6) is 0. The molecule has 1 aliphatic carbocycles. The molecule has 0 heterocycles. The van der Waals surface area contributed by atoms with E-state index in [4.69, 9.17) is 0 Å². The third-order valence-electron chi connectivity index (χ3n) is 2.24. The van der Waals surface area contributed by atoms with E-state index < -0.39 is 0 Å². The number of hydrogen-bond donors (Lipinski definition) is 0. The van der Waals surface area contributed by atoms with Crippen molar-refractivity contribution in [2.24, 2.45) is 0 Å². The van der Waals surface area contributed by atoms with Gasteiger partial charge in [-0.2, -0.15) is 6.08 Å². The Morgan fingerprint density at radius 2 is 1.17 bits per heavy atom. The summed E-state index contributed by atoms with van der Waals surface area (Å²) in [5, 5.41) is 28.9. The van der Waals surface area contributed by atoms with Crippen molar-refractivity contribution < 1.29 is 41.5 Å². The van der Waals surface area contributed by atoms with Crippen LogP contribution in [0.15, 0.2) is 56.2 Å². The van der Waals surface area contributed by atoms with Crippen LogP contribution in [0.3, 0.4) is 0 Å². The molecule has 0 aliphatic heterocycles. The predicted molar refractivity (Wildman–Crippen MR) is 94.5 cm³/mol. The molecule has 0 aromatic carbocycles. The maximum Gasteiger partial charge on any atom is 4.00 e. The third-order valence-corrected chi connectivity index (χ3v) is 2.24. The minimum atomic E-state index is 0. The summed E-state index contributed by atoms with van der Waals surface area (Å²) in [4.78, 5) is 0. The van der Waals surface area contributed by atoms with Gasteiger partial charge in [-0.25, -0.2) is 12.2 Å². The van der Waals surface area contributed by atoms with Gasteiger partial charge >= 0.3 is 26.2 Å². The molecule has 0 amide bonds. The molecule has 0 spiro atoms. The van der Waals surface area contributed by atoms with Gasteiger partial charge in [0.15, 0.2) is 0 Å². The first kappa shape index (κ1) is 31.3. The van der Waals surface area contributed by atoms with Crippen LogP contribution in [0, 0.1) is 6.08 Å². The van der Waals surface area contributed by atoms with Crippen LogP contribution in [-0.4, -0.2) is 19.8 Å². The Labute approximate surface area is 168 Å². The van der Waals surface area contributed by atoms with Crippen molar-refractivity contribution in [1.82, 2.24) is 0 Å². The van der Waals surface area contributed by atoms with E-state index in [0.717, 1.165) is 44.9 Å². The molecule has 1 rings (SSSR count). The number of allylic oxidation sites excluding steroid dienone is 7. The van der Waals surface area contributed by atoms with E-state index in [0.29, 0.717) is 0 Å². The van der Waals surface area contributed by atoms with E-state index in [-0.39, 0.29) is 46.0 Å². The van der Waals surface area contributed by atoms with E-state index in [9.17, 15) is 15.3 Å². The van der Waals surface area contributed by atoms with Crippen molar-refractivity contribution in [2.45, 2.75) is 44.9 Å². The van der Waals surface area contributed by atoms with Crippen molar-refractivity contribution in [3.63, 3.8) is 0 Å². The zero-order valence-electron chi connectivity index (χ0n) is 14.9. The van der Waals surface area contributed by atoms with Crippen molar-refractivity contribution in [3.05, 3.63) is 62.3 Å². The van der Waals surface area contributed by atoms with Gasteiger partial charge in [0.2, 0.25) is 0 Å². The zero-order chi connectivity index (χ0) is 18.0. The van der Waals surface area contributed by atoms with Crippen LogP contribution in [0.4, 0.5) is 0 Å². The van der Waals surface area contributed by atoms with E-state index in [1.54, 1.807) is 18.2 Å². The molecule has 3 nitrogen and oxygen atoms in total. The first-order chi connectivity index (χ1) is 11.2. The van der Waals surface area contributed by atoms with Crippen molar-refractivity contribution in [1.29, 1.82) is 0 Å². The zero-order valence-corrected chi connectivity index (χ0v) is 17.3. The van der Waals surface area contributed by atoms with E-state index in [1.807, 2.05) is 12.2 Å². The second-order valence-corrected chi connectivity index (χ2v) is 4.41. The summed E-state index contributed by atoms with van der Waals surface area (Å²) in [6.45, 7) is 10.5. The number of unbranched alkanes of at least 4 members (excludes halogenated alkanes) is 3. The summed E-state index contributed by atoms with van der Waals surface area (Å²) < 4.78 is 0. The van der Waals surface area contributed by atoms with Gasteiger partial charge in [0, 0.05) is 0 Å². The van der Waals surface area contributed by atoms with Crippen LogP contribution in [0.2, 0.25) is 0 Å². The molecule has 0 aromatic heterocycles. The second-order valence-electron chi connectivity index (χ2n) is 4.41. The molecule has 0 unspecified atom stereocenters. The second kappa shape index (κ2) is 38.2. The van der Waals surface area contributed by atoms with Crippen LogP contribution >= 0.6 is 0 Å². The van der Waals surface area contributed by atoms with Gasteiger partial charge in [0.25, 0.3) is 0 Å². The minimum Gasteiger partial charge on any atom is -0.854 e. The van der Waals surface area contributed by atoms with E-state index >= 15 is 0 Å². The molecule has 0 radical (unpaired) electrons. The average molecular weight is 412 g/mol. The molecule has 0 saturated carbocycles. The molecule has 0 N–H and O–H groups in total. The normalized spacial score (nSPS) is 9.79. The van der Waals surface area contributed by atoms with E-state index in [2.05, 4.69) is 31.9 Å². The third kappa shape index (κ3) is 49.6. The van der Waals surface area contributed by atoms with Gasteiger partial charge in [-0.1, -0.05) is 37.5 Å². The molecular formula is C20H32O3Zr. The smallest absolute Gasteiger partial charge is 0.854 e. The molecule has 24 heavy (non-hydrogen) atoms. The summed E-state index contributed by atoms with van der Waals surface area (Å²) in [6.07, 6.45) is 20.1. The molecule has 0 saturated heterocycles. The van der Waals surface area contributed by atoms with Gasteiger partial charge in [-0.3, -0.25) is 6.08 Å². The van der Waals surface area contributed by atoms with Crippen LogP contribution in [-0.2, 0) is 26.2 Å². The topological polar surface area (TPSA) is 69.2 Å². The fourth-order valence-corrected chi connectivity index (χ4v) is 1.02. The fraction of sp³-hybridized carbons (Fsp3) is 0.500. The summed E-state index contributed by atoms with van der Waals surface area (Å²) in [6, 6.07) is 0. The molecule has 1 aliphatic rings. The predicted octanol–water partition coefficient (Wildman–Crippen LogP) is 2.24. The summed E-state index contributed by atoms with van der Waals surface area (Å²) in [7, 11) is 0. The van der Waals surface area contributed by atoms with Gasteiger partial charge in [0.1, 0.15) is 0 Å². The molecule has 0 aromatic rings. The molecule has 0 atom stereocenters. The van der Waals surface area contributed by atoms with Gasteiger partial charge in [-0.15, -0.1) is 46.0 Å². The molecule has 134 valence electrons. The SMILES string of the molecule is C=CCCC[O-].C=CCCC[O-].C=CCCC[O-].[C-]1=CC=CC1.[Zr+4]. The number of hydrogen-bond acceptors (Lipinski definition) is 3. The maximum absolute atomic E-state index is 9.64.